The third-order valence-electron chi connectivity index (χ3n) is 2.52. The first-order chi connectivity index (χ1) is 8.58. The van der Waals surface area contributed by atoms with E-state index in [-0.39, 0.29) is 5.82 Å². The molecular weight excluding hydrogens is 231 g/mol. The van der Waals surface area contributed by atoms with Gasteiger partial charge in [-0.1, -0.05) is 0 Å². The minimum absolute atomic E-state index is 0.213. The Hall–Kier alpha value is -2.17. The van der Waals surface area contributed by atoms with E-state index < -0.39 is 0 Å². The maximum absolute atomic E-state index is 13.2. The molecule has 0 unspecified atom stereocenters. The molecule has 1 heterocycles. The molecule has 2 aromatic rings. The molecule has 5 heteroatoms. The quantitative estimate of drug-likeness (QED) is 0.874. The van der Waals surface area contributed by atoms with Crippen LogP contribution in [-0.4, -0.2) is 17.0 Å². The molecule has 0 atom stereocenters. The summed E-state index contributed by atoms with van der Waals surface area (Å²) in [4.78, 5) is 8.48. The fraction of sp³-hybridized carbons (Fsp3) is 0.231. The molecule has 0 saturated heterocycles. The van der Waals surface area contributed by atoms with Gasteiger partial charge in [0, 0.05) is 18.8 Å². The van der Waals surface area contributed by atoms with Crippen molar-refractivity contribution in [2.24, 2.45) is 0 Å². The first-order valence-corrected chi connectivity index (χ1v) is 5.65. The molecule has 0 bridgehead atoms. The second-order valence-corrected chi connectivity index (χ2v) is 4.02. The molecular formula is C13H15FN4. The van der Waals surface area contributed by atoms with E-state index in [0.29, 0.717) is 17.2 Å². The number of anilines is 3. The number of nitrogens with zero attached hydrogens (tertiary/aromatic N) is 2. The highest BCUT2D eigenvalue weighted by atomic mass is 19.1. The van der Waals surface area contributed by atoms with Crippen LogP contribution in [0.2, 0.25) is 0 Å². The van der Waals surface area contributed by atoms with E-state index in [1.165, 1.54) is 6.07 Å². The molecule has 0 amide bonds. The van der Waals surface area contributed by atoms with Gasteiger partial charge >= 0.3 is 0 Å². The van der Waals surface area contributed by atoms with Gasteiger partial charge in [0.05, 0.1) is 0 Å². The van der Waals surface area contributed by atoms with Crippen LogP contribution in [0.5, 0.6) is 0 Å². The van der Waals surface area contributed by atoms with E-state index in [0.717, 1.165) is 11.5 Å². The van der Waals surface area contributed by atoms with Crippen LogP contribution in [0.15, 0.2) is 24.3 Å². The molecule has 1 aromatic carbocycles. The van der Waals surface area contributed by atoms with Crippen molar-refractivity contribution < 1.29 is 4.39 Å². The van der Waals surface area contributed by atoms with Crippen molar-refractivity contribution in [2.75, 3.05) is 17.7 Å². The number of benzene rings is 1. The monoisotopic (exact) mass is 246 g/mol. The average molecular weight is 246 g/mol. The van der Waals surface area contributed by atoms with Crippen LogP contribution in [-0.2, 0) is 0 Å². The maximum Gasteiger partial charge on any atom is 0.136 e. The fourth-order valence-electron chi connectivity index (χ4n) is 1.63. The standard InChI is InChI=1S/C13H15FN4/c1-8-6-10(4-5-11(8)14)18-13-7-12(15-3)16-9(2)17-13/h4-7H,1-3H3,(H2,15,16,17,18). The molecule has 0 aliphatic heterocycles. The summed E-state index contributed by atoms with van der Waals surface area (Å²) in [7, 11) is 1.80. The molecule has 0 saturated carbocycles. The zero-order chi connectivity index (χ0) is 13.1. The lowest BCUT2D eigenvalue weighted by Gasteiger charge is -2.09. The molecule has 1 aromatic heterocycles. The number of hydrogen-bond donors (Lipinski definition) is 2. The smallest absolute Gasteiger partial charge is 0.136 e. The van der Waals surface area contributed by atoms with E-state index in [4.69, 9.17) is 0 Å². The summed E-state index contributed by atoms with van der Waals surface area (Å²) in [6.45, 7) is 3.55. The molecule has 4 nitrogen and oxygen atoms in total. The second kappa shape index (κ2) is 5.00. The Morgan fingerprint density at radius 1 is 1.06 bits per heavy atom. The lowest BCUT2D eigenvalue weighted by molar-refractivity contribution is 0.619. The highest BCUT2D eigenvalue weighted by Gasteiger charge is 2.03. The van der Waals surface area contributed by atoms with E-state index in [2.05, 4.69) is 20.6 Å². The maximum atomic E-state index is 13.2. The number of hydrogen-bond acceptors (Lipinski definition) is 4. The van der Waals surface area contributed by atoms with Crippen molar-refractivity contribution in [1.29, 1.82) is 0 Å². The highest BCUT2D eigenvalue weighted by Crippen LogP contribution is 2.19. The summed E-state index contributed by atoms with van der Waals surface area (Å²) in [6.07, 6.45) is 0. The molecule has 0 spiro atoms. The average Bonchev–Trinajstić information content (AvgIpc) is 2.33. The van der Waals surface area contributed by atoms with Gasteiger partial charge in [0.25, 0.3) is 0 Å². The van der Waals surface area contributed by atoms with Crippen molar-refractivity contribution in [3.63, 3.8) is 0 Å². The van der Waals surface area contributed by atoms with Gasteiger partial charge in [-0.25, -0.2) is 14.4 Å². The van der Waals surface area contributed by atoms with Gasteiger partial charge in [0.2, 0.25) is 0 Å². The van der Waals surface area contributed by atoms with Gasteiger partial charge in [-0.05, 0) is 37.6 Å². The Bertz CT molecular complexity index is 569. The van der Waals surface area contributed by atoms with Crippen LogP contribution in [0.25, 0.3) is 0 Å². The summed E-state index contributed by atoms with van der Waals surface area (Å²) >= 11 is 0. The van der Waals surface area contributed by atoms with E-state index >= 15 is 0 Å². The summed E-state index contributed by atoms with van der Waals surface area (Å²) < 4.78 is 13.2. The molecule has 18 heavy (non-hydrogen) atoms. The first-order valence-electron chi connectivity index (χ1n) is 5.65. The number of halogens is 1. The largest absolute Gasteiger partial charge is 0.373 e. The van der Waals surface area contributed by atoms with Gasteiger partial charge in [-0.3, -0.25) is 0 Å². The van der Waals surface area contributed by atoms with Gasteiger partial charge < -0.3 is 10.6 Å². The van der Waals surface area contributed by atoms with Crippen molar-refractivity contribution in [3.05, 3.63) is 41.5 Å². The summed E-state index contributed by atoms with van der Waals surface area (Å²) in [5.41, 5.74) is 1.40. The fourth-order valence-corrected chi connectivity index (χ4v) is 1.63. The predicted octanol–water partition coefficient (Wildman–Crippen LogP) is 3.02. The van der Waals surface area contributed by atoms with Crippen LogP contribution in [0, 0.1) is 19.7 Å². The van der Waals surface area contributed by atoms with Gasteiger partial charge in [0.15, 0.2) is 0 Å². The molecule has 0 aliphatic rings. The van der Waals surface area contributed by atoms with Gasteiger partial charge in [0.1, 0.15) is 23.3 Å². The molecule has 94 valence electrons. The highest BCUT2D eigenvalue weighted by molar-refractivity contribution is 5.59. The first kappa shape index (κ1) is 12.3. The van der Waals surface area contributed by atoms with E-state index in [1.54, 1.807) is 32.2 Å². The normalized spacial score (nSPS) is 10.2. The van der Waals surface area contributed by atoms with Gasteiger partial charge in [-0.2, -0.15) is 0 Å². The minimum Gasteiger partial charge on any atom is -0.373 e. The van der Waals surface area contributed by atoms with Crippen LogP contribution in [0.3, 0.4) is 0 Å². The molecule has 0 fully saturated rings. The number of aromatic nitrogens is 2. The SMILES string of the molecule is CNc1cc(Nc2ccc(F)c(C)c2)nc(C)n1. The van der Waals surface area contributed by atoms with Crippen molar-refractivity contribution in [3.8, 4) is 0 Å². The second-order valence-electron chi connectivity index (χ2n) is 4.02. The number of nitrogens with one attached hydrogen (secondary N) is 2. The minimum atomic E-state index is -0.213. The van der Waals surface area contributed by atoms with Crippen LogP contribution < -0.4 is 10.6 Å². The predicted molar refractivity (Wildman–Crippen MR) is 70.7 cm³/mol. The van der Waals surface area contributed by atoms with Gasteiger partial charge in [-0.15, -0.1) is 0 Å². The topological polar surface area (TPSA) is 49.8 Å². The van der Waals surface area contributed by atoms with E-state index in [9.17, 15) is 4.39 Å². The third kappa shape index (κ3) is 2.74. The van der Waals surface area contributed by atoms with Crippen molar-refractivity contribution in [1.82, 2.24) is 9.97 Å². The number of rotatable bonds is 3. The van der Waals surface area contributed by atoms with Crippen LogP contribution in [0.4, 0.5) is 21.7 Å². The summed E-state index contributed by atoms with van der Waals surface area (Å²) in [5, 5.41) is 6.09. The van der Waals surface area contributed by atoms with Crippen LogP contribution >= 0.6 is 0 Å². The van der Waals surface area contributed by atoms with E-state index in [1.807, 2.05) is 6.92 Å². The van der Waals surface area contributed by atoms with Crippen molar-refractivity contribution >= 4 is 17.3 Å². The lowest BCUT2D eigenvalue weighted by atomic mass is 10.2. The molecule has 2 N–H and O–H groups in total. The lowest BCUT2D eigenvalue weighted by Crippen LogP contribution is -2.01. The van der Waals surface area contributed by atoms with Crippen LogP contribution in [0.1, 0.15) is 11.4 Å². The summed E-state index contributed by atoms with van der Waals surface area (Å²) in [6, 6.07) is 6.65. The zero-order valence-corrected chi connectivity index (χ0v) is 10.6. The molecule has 0 aliphatic carbocycles. The molecule has 2 rings (SSSR count). The third-order valence-corrected chi connectivity index (χ3v) is 2.52. The summed E-state index contributed by atoms with van der Waals surface area (Å²) in [5.74, 6) is 1.88. The Labute approximate surface area is 105 Å². The Kier molecular flexibility index (Phi) is 3.41. The number of aryl methyl sites for hydroxylation is 2. The molecule has 0 radical (unpaired) electrons. The Morgan fingerprint density at radius 2 is 1.78 bits per heavy atom. The Balaban J connectivity index is 2.27. The zero-order valence-electron chi connectivity index (χ0n) is 10.6. The van der Waals surface area contributed by atoms with Crippen molar-refractivity contribution in [2.45, 2.75) is 13.8 Å². The Morgan fingerprint density at radius 3 is 2.44 bits per heavy atom.